The van der Waals surface area contributed by atoms with Crippen molar-refractivity contribution in [1.82, 2.24) is 0 Å². The average Bonchev–Trinajstić information content (AvgIpc) is 2.34. The first-order valence-corrected chi connectivity index (χ1v) is 4.11. The summed E-state index contributed by atoms with van der Waals surface area (Å²) in [5.74, 6) is 1.07. The number of rotatable bonds is 0. The van der Waals surface area contributed by atoms with E-state index in [9.17, 15) is 4.79 Å². The van der Waals surface area contributed by atoms with Crippen LogP contribution in [0.5, 0.6) is 0 Å². The second-order valence-electron chi connectivity index (χ2n) is 3.25. The van der Waals surface area contributed by atoms with Crippen LogP contribution >= 0.6 is 0 Å². The molecule has 0 N–H and O–H groups in total. The van der Waals surface area contributed by atoms with Crippen LogP contribution < -0.4 is 0 Å². The van der Waals surface area contributed by atoms with Gasteiger partial charge in [0.2, 0.25) is 0 Å². The molecular weight excluding hydrogens is 124 g/mol. The molecule has 0 bridgehead atoms. The zero-order valence-corrected chi connectivity index (χ0v) is 6.10. The molecular formula is C9H12O. The van der Waals surface area contributed by atoms with Gasteiger partial charge in [0.05, 0.1) is 0 Å². The summed E-state index contributed by atoms with van der Waals surface area (Å²) < 4.78 is 0. The molecule has 2 aliphatic carbocycles. The Morgan fingerprint density at radius 1 is 1.40 bits per heavy atom. The molecule has 2 aliphatic rings. The molecule has 1 heteroatoms. The van der Waals surface area contributed by atoms with E-state index in [1.165, 1.54) is 12.8 Å². The molecule has 54 valence electrons. The Kier molecular flexibility index (Phi) is 1.37. The van der Waals surface area contributed by atoms with Crippen LogP contribution in [0.2, 0.25) is 0 Å². The molecule has 0 heterocycles. The first-order chi connectivity index (χ1) is 4.88. The van der Waals surface area contributed by atoms with Crippen molar-refractivity contribution in [2.75, 3.05) is 0 Å². The van der Waals surface area contributed by atoms with E-state index in [0.29, 0.717) is 11.7 Å². The van der Waals surface area contributed by atoms with Gasteiger partial charge in [0.1, 0.15) is 0 Å². The number of fused-ring (bicyclic) bond motifs is 1. The van der Waals surface area contributed by atoms with E-state index >= 15 is 0 Å². The highest BCUT2D eigenvalue weighted by atomic mass is 16.1. The van der Waals surface area contributed by atoms with Crippen molar-refractivity contribution in [2.45, 2.75) is 32.1 Å². The van der Waals surface area contributed by atoms with E-state index in [1.54, 1.807) is 0 Å². The van der Waals surface area contributed by atoms with E-state index in [4.69, 9.17) is 0 Å². The molecule has 10 heavy (non-hydrogen) atoms. The number of ketones is 1. The molecule has 1 fully saturated rings. The summed E-state index contributed by atoms with van der Waals surface area (Å²) in [5, 5.41) is 0. The van der Waals surface area contributed by atoms with Gasteiger partial charge in [-0.3, -0.25) is 4.79 Å². The topological polar surface area (TPSA) is 17.1 Å². The maximum atomic E-state index is 11.1. The summed E-state index contributed by atoms with van der Waals surface area (Å²) in [6.45, 7) is 0. The molecule has 0 aromatic rings. The van der Waals surface area contributed by atoms with E-state index in [2.05, 4.69) is 6.08 Å². The SMILES string of the molecule is O=C1CCC2CCCC=C12. The van der Waals surface area contributed by atoms with Crippen molar-refractivity contribution in [3.05, 3.63) is 11.6 Å². The number of Topliss-reactive ketones (excluding diaryl/α,β-unsaturated/α-hetero) is 1. The minimum Gasteiger partial charge on any atom is -0.295 e. The minimum absolute atomic E-state index is 0.421. The smallest absolute Gasteiger partial charge is 0.158 e. The molecule has 0 spiro atoms. The Morgan fingerprint density at radius 3 is 3.10 bits per heavy atom. The fraction of sp³-hybridized carbons (Fsp3) is 0.667. The van der Waals surface area contributed by atoms with Crippen molar-refractivity contribution < 1.29 is 4.79 Å². The van der Waals surface area contributed by atoms with Gasteiger partial charge in [0.15, 0.2) is 5.78 Å². The lowest BCUT2D eigenvalue weighted by molar-refractivity contribution is -0.114. The van der Waals surface area contributed by atoms with Gasteiger partial charge in [-0.1, -0.05) is 6.08 Å². The molecule has 0 radical (unpaired) electrons. The van der Waals surface area contributed by atoms with Gasteiger partial charge in [-0.25, -0.2) is 0 Å². The van der Waals surface area contributed by atoms with Gasteiger partial charge >= 0.3 is 0 Å². The van der Waals surface area contributed by atoms with Gasteiger partial charge in [0, 0.05) is 6.42 Å². The van der Waals surface area contributed by atoms with E-state index in [1.807, 2.05) is 0 Å². The number of allylic oxidation sites excluding steroid dienone is 2. The van der Waals surface area contributed by atoms with Crippen LogP contribution in [0.15, 0.2) is 11.6 Å². The van der Waals surface area contributed by atoms with Crippen LogP contribution in [-0.2, 0) is 4.79 Å². The average molecular weight is 136 g/mol. The Hall–Kier alpha value is -0.590. The molecule has 0 saturated heterocycles. The molecule has 1 unspecified atom stereocenters. The van der Waals surface area contributed by atoms with E-state index < -0.39 is 0 Å². The third kappa shape index (κ3) is 0.808. The lowest BCUT2D eigenvalue weighted by Crippen LogP contribution is -2.05. The highest BCUT2D eigenvalue weighted by Gasteiger charge is 2.29. The van der Waals surface area contributed by atoms with Crippen LogP contribution in [0.1, 0.15) is 32.1 Å². The van der Waals surface area contributed by atoms with Crippen LogP contribution in [0.3, 0.4) is 0 Å². The van der Waals surface area contributed by atoms with E-state index in [-0.39, 0.29) is 0 Å². The Bertz CT molecular complexity index is 191. The maximum absolute atomic E-state index is 11.1. The van der Waals surface area contributed by atoms with Crippen LogP contribution in [0.25, 0.3) is 0 Å². The Balaban J connectivity index is 2.27. The highest BCUT2D eigenvalue weighted by molar-refractivity contribution is 5.98. The lowest BCUT2D eigenvalue weighted by atomic mass is 9.90. The number of carbonyl (C=O) groups excluding carboxylic acids is 1. The zero-order chi connectivity index (χ0) is 6.97. The normalized spacial score (nSPS) is 31.8. The van der Waals surface area contributed by atoms with Crippen molar-refractivity contribution >= 4 is 5.78 Å². The summed E-state index contributed by atoms with van der Waals surface area (Å²) in [6, 6.07) is 0. The zero-order valence-electron chi connectivity index (χ0n) is 6.10. The summed E-state index contributed by atoms with van der Waals surface area (Å²) in [4.78, 5) is 11.1. The third-order valence-corrected chi connectivity index (χ3v) is 2.60. The van der Waals surface area contributed by atoms with Gasteiger partial charge < -0.3 is 0 Å². The minimum atomic E-state index is 0.421. The molecule has 0 aromatic carbocycles. The maximum Gasteiger partial charge on any atom is 0.158 e. The lowest BCUT2D eigenvalue weighted by Gasteiger charge is -2.14. The number of hydrogen-bond donors (Lipinski definition) is 0. The first-order valence-electron chi connectivity index (χ1n) is 4.11. The van der Waals surface area contributed by atoms with Crippen LogP contribution in [0, 0.1) is 5.92 Å². The molecule has 1 nitrogen and oxygen atoms in total. The van der Waals surface area contributed by atoms with Gasteiger partial charge in [0.25, 0.3) is 0 Å². The van der Waals surface area contributed by atoms with Gasteiger partial charge in [-0.15, -0.1) is 0 Å². The third-order valence-electron chi connectivity index (χ3n) is 2.60. The summed E-state index contributed by atoms with van der Waals surface area (Å²) >= 11 is 0. The molecule has 1 saturated carbocycles. The molecule has 0 aliphatic heterocycles. The number of carbonyl (C=O) groups is 1. The monoisotopic (exact) mass is 136 g/mol. The summed E-state index contributed by atoms with van der Waals surface area (Å²) in [5.41, 5.74) is 1.16. The van der Waals surface area contributed by atoms with Crippen molar-refractivity contribution in [3.8, 4) is 0 Å². The van der Waals surface area contributed by atoms with Crippen LogP contribution in [-0.4, -0.2) is 5.78 Å². The largest absolute Gasteiger partial charge is 0.295 e. The number of hydrogen-bond acceptors (Lipinski definition) is 1. The van der Waals surface area contributed by atoms with Crippen LogP contribution in [0.4, 0.5) is 0 Å². The molecule has 0 amide bonds. The molecule has 0 aromatic heterocycles. The summed E-state index contributed by atoms with van der Waals surface area (Å²) in [6.07, 6.45) is 7.79. The first kappa shape index (κ1) is 6.14. The second kappa shape index (κ2) is 2.22. The molecule has 2 rings (SSSR count). The molecule has 1 atom stereocenters. The van der Waals surface area contributed by atoms with Crippen molar-refractivity contribution in [3.63, 3.8) is 0 Å². The standard InChI is InChI=1S/C9H12O/c10-9-6-5-7-3-1-2-4-8(7)9/h4,7H,1-3,5-6H2. The van der Waals surface area contributed by atoms with Crippen molar-refractivity contribution in [1.29, 1.82) is 0 Å². The fourth-order valence-electron chi connectivity index (χ4n) is 2.03. The summed E-state index contributed by atoms with van der Waals surface area (Å²) in [7, 11) is 0. The highest BCUT2D eigenvalue weighted by Crippen LogP contribution is 2.35. The van der Waals surface area contributed by atoms with E-state index in [0.717, 1.165) is 24.8 Å². The van der Waals surface area contributed by atoms with Gasteiger partial charge in [-0.05, 0) is 37.2 Å². The second-order valence-corrected chi connectivity index (χ2v) is 3.25. The van der Waals surface area contributed by atoms with Crippen molar-refractivity contribution in [2.24, 2.45) is 5.92 Å². The Labute approximate surface area is 61.1 Å². The predicted molar refractivity (Wildman–Crippen MR) is 39.7 cm³/mol. The quantitative estimate of drug-likeness (QED) is 0.498. The predicted octanol–water partition coefficient (Wildman–Crippen LogP) is 2.08. The van der Waals surface area contributed by atoms with Gasteiger partial charge in [-0.2, -0.15) is 0 Å². The Morgan fingerprint density at radius 2 is 2.30 bits per heavy atom. The fourth-order valence-corrected chi connectivity index (χ4v) is 2.03.